The van der Waals surface area contributed by atoms with E-state index >= 15 is 0 Å². The van der Waals surface area contributed by atoms with Crippen LogP contribution in [0.15, 0.2) is 12.2 Å². The van der Waals surface area contributed by atoms with E-state index in [1.807, 2.05) is 6.92 Å². The normalized spacial score (nSPS) is 35.4. The van der Waals surface area contributed by atoms with E-state index in [0.717, 1.165) is 11.8 Å². The molecule has 3 atom stereocenters. The first-order valence-corrected chi connectivity index (χ1v) is 5.64. The van der Waals surface area contributed by atoms with Crippen molar-refractivity contribution in [1.29, 1.82) is 0 Å². The lowest BCUT2D eigenvalue weighted by Gasteiger charge is -2.17. The van der Waals surface area contributed by atoms with Crippen molar-refractivity contribution in [3.05, 3.63) is 12.2 Å². The molecule has 0 spiro atoms. The van der Waals surface area contributed by atoms with Crippen molar-refractivity contribution in [2.45, 2.75) is 32.6 Å². The van der Waals surface area contributed by atoms with Gasteiger partial charge < -0.3 is 4.74 Å². The maximum atomic E-state index is 11.1. The molecule has 2 fully saturated rings. The summed E-state index contributed by atoms with van der Waals surface area (Å²) in [5.41, 5.74) is 0. The summed E-state index contributed by atoms with van der Waals surface area (Å²) < 4.78 is 4.86. The summed E-state index contributed by atoms with van der Waals surface area (Å²) in [6, 6.07) is 0. The minimum Gasteiger partial charge on any atom is -0.463 e. The second-order valence-electron chi connectivity index (χ2n) is 4.45. The van der Waals surface area contributed by atoms with Crippen molar-refractivity contribution in [2.75, 3.05) is 6.61 Å². The first-order chi connectivity index (χ1) is 6.79. The molecule has 14 heavy (non-hydrogen) atoms. The Morgan fingerprint density at radius 2 is 2.29 bits per heavy atom. The highest BCUT2D eigenvalue weighted by Crippen LogP contribution is 2.48. The number of carbonyl (C=O) groups excluding carboxylic acids is 1. The molecule has 2 nitrogen and oxygen atoms in total. The molecule has 0 aromatic heterocycles. The van der Waals surface area contributed by atoms with Crippen LogP contribution < -0.4 is 0 Å². The largest absolute Gasteiger partial charge is 0.463 e. The number of esters is 1. The van der Waals surface area contributed by atoms with Gasteiger partial charge in [-0.05, 0) is 43.9 Å². The number of allylic oxidation sites excluding steroid dienone is 1. The average molecular weight is 194 g/mol. The molecule has 0 amide bonds. The fourth-order valence-electron chi connectivity index (χ4n) is 2.92. The fourth-order valence-corrected chi connectivity index (χ4v) is 2.92. The van der Waals surface area contributed by atoms with E-state index in [-0.39, 0.29) is 5.97 Å². The minimum atomic E-state index is -0.185. The molecule has 2 aliphatic carbocycles. The summed E-state index contributed by atoms with van der Waals surface area (Å²) in [5, 5.41) is 0. The molecule has 0 radical (unpaired) electrons. The maximum Gasteiger partial charge on any atom is 0.330 e. The molecule has 2 saturated carbocycles. The molecule has 2 aliphatic rings. The standard InChI is InChI=1S/C12H18O2/c1-2-14-12(13)6-5-11-8-9-3-4-10(11)7-9/h5-6,9-11H,2-4,7-8H2,1H3/b6-5-/t9-,10-,11-/m1/s1. The van der Waals surface area contributed by atoms with Gasteiger partial charge in [0.05, 0.1) is 6.61 Å². The molecular weight excluding hydrogens is 176 g/mol. The number of ether oxygens (including phenoxy) is 1. The lowest BCUT2D eigenvalue weighted by Crippen LogP contribution is -2.08. The summed E-state index contributed by atoms with van der Waals surface area (Å²) in [7, 11) is 0. The third kappa shape index (κ3) is 1.99. The highest BCUT2D eigenvalue weighted by molar-refractivity contribution is 5.81. The Balaban J connectivity index is 1.83. The van der Waals surface area contributed by atoms with Crippen molar-refractivity contribution in [2.24, 2.45) is 17.8 Å². The van der Waals surface area contributed by atoms with Gasteiger partial charge in [0.2, 0.25) is 0 Å². The van der Waals surface area contributed by atoms with Crippen LogP contribution in [0.4, 0.5) is 0 Å². The summed E-state index contributed by atoms with van der Waals surface area (Å²) in [5.74, 6) is 2.26. The van der Waals surface area contributed by atoms with Gasteiger partial charge in [0.25, 0.3) is 0 Å². The number of rotatable bonds is 3. The van der Waals surface area contributed by atoms with E-state index < -0.39 is 0 Å². The SMILES string of the molecule is CCOC(=O)/C=C\[C@@H]1C[C@@H]2CC[C@@H]1C2. The van der Waals surface area contributed by atoms with E-state index in [9.17, 15) is 4.79 Å². The molecule has 0 heterocycles. The van der Waals surface area contributed by atoms with Gasteiger partial charge in [-0.2, -0.15) is 0 Å². The maximum absolute atomic E-state index is 11.1. The van der Waals surface area contributed by atoms with E-state index in [0.29, 0.717) is 12.5 Å². The third-order valence-corrected chi connectivity index (χ3v) is 3.56. The van der Waals surface area contributed by atoms with Crippen molar-refractivity contribution >= 4 is 5.97 Å². The van der Waals surface area contributed by atoms with Crippen LogP contribution in [0, 0.1) is 17.8 Å². The van der Waals surface area contributed by atoms with Crippen LogP contribution in [0.5, 0.6) is 0 Å². The number of carbonyl (C=O) groups is 1. The Hall–Kier alpha value is -0.790. The second kappa shape index (κ2) is 4.16. The van der Waals surface area contributed by atoms with Crippen molar-refractivity contribution < 1.29 is 9.53 Å². The van der Waals surface area contributed by atoms with Gasteiger partial charge >= 0.3 is 5.97 Å². The monoisotopic (exact) mass is 194 g/mol. The van der Waals surface area contributed by atoms with E-state index in [2.05, 4.69) is 6.08 Å². The van der Waals surface area contributed by atoms with Gasteiger partial charge in [0, 0.05) is 6.08 Å². The fraction of sp³-hybridized carbons (Fsp3) is 0.750. The topological polar surface area (TPSA) is 26.3 Å². The molecule has 0 saturated heterocycles. The highest BCUT2D eigenvalue weighted by Gasteiger charge is 2.37. The zero-order valence-electron chi connectivity index (χ0n) is 8.74. The van der Waals surface area contributed by atoms with Gasteiger partial charge in [-0.15, -0.1) is 0 Å². The zero-order valence-corrected chi connectivity index (χ0v) is 8.74. The molecule has 0 aromatic rings. The van der Waals surface area contributed by atoms with E-state index in [1.165, 1.54) is 25.7 Å². The molecule has 0 unspecified atom stereocenters. The van der Waals surface area contributed by atoms with Gasteiger partial charge in [-0.1, -0.05) is 12.5 Å². The third-order valence-electron chi connectivity index (χ3n) is 3.56. The first kappa shape index (κ1) is 9.75. The van der Waals surface area contributed by atoms with Crippen LogP contribution in [-0.4, -0.2) is 12.6 Å². The Morgan fingerprint density at radius 1 is 1.43 bits per heavy atom. The van der Waals surface area contributed by atoms with Crippen LogP contribution in [-0.2, 0) is 9.53 Å². The van der Waals surface area contributed by atoms with Gasteiger partial charge in [-0.3, -0.25) is 0 Å². The van der Waals surface area contributed by atoms with Crippen molar-refractivity contribution in [3.8, 4) is 0 Å². The summed E-state index contributed by atoms with van der Waals surface area (Å²) in [6.07, 6.45) is 9.14. The zero-order chi connectivity index (χ0) is 9.97. The average Bonchev–Trinajstić information content (AvgIpc) is 2.76. The van der Waals surface area contributed by atoms with Crippen LogP contribution in [0.3, 0.4) is 0 Å². The number of fused-ring (bicyclic) bond motifs is 2. The number of hydrogen-bond donors (Lipinski definition) is 0. The van der Waals surface area contributed by atoms with Crippen molar-refractivity contribution in [1.82, 2.24) is 0 Å². The summed E-state index contributed by atoms with van der Waals surface area (Å²) >= 11 is 0. The second-order valence-corrected chi connectivity index (χ2v) is 4.45. The summed E-state index contributed by atoms with van der Waals surface area (Å²) in [4.78, 5) is 11.1. The Bertz CT molecular complexity index is 245. The lowest BCUT2D eigenvalue weighted by molar-refractivity contribution is -0.137. The predicted molar refractivity (Wildman–Crippen MR) is 54.7 cm³/mol. The van der Waals surface area contributed by atoms with Crippen LogP contribution in [0.2, 0.25) is 0 Å². The first-order valence-electron chi connectivity index (χ1n) is 5.64. The molecule has 78 valence electrons. The molecular formula is C12H18O2. The Morgan fingerprint density at radius 3 is 2.86 bits per heavy atom. The Kier molecular flexibility index (Phi) is 2.90. The smallest absolute Gasteiger partial charge is 0.330 e. The highest BCUT2D eigenvalue weighted by atomic mass is 16.5. The van der Waals surface area contributed by atoms with E-state index in [1.54, 1.807) is 6.08 Å². The van der Waals surface area contributed by atoms with Crippen LogP contribution >= 0.6 is 0 Å². The molecule has 0 aliphatic heterocycles. The van der Waals surface area contributed by atoms with Crippen LogP contribution in [0.25, 0.3) is 0 Å². The van der Waals surface area contributed by atoms with Gasteiger partial charge in [0.15, 0.2) is 0 Å². The molecule has 2 bridgehead atoms. The molecule has 2 rings (SSSR count). The van der Waals surface area contributed by atoms with Gasteiger partial charge in [0.1, 0.15) is 0 Å². The minimum absolute atomic E-state index is 0.185. The Labute approximate surface area is 85.3 Å². The predicted octanol–water partition coefficient (Wildman–Crippen LogP) is 2.54. The van der Waals surface area contributed by atoms with Crippen LogP contribution in [0.1, 0.15) is 32.6 Å². The lowest BCUT2D eigenvalue weighted by atomic mass is 9.89. The summed E-state index contributed by atoms with van der Waals surface area (Å²) in [6.45, 7) is 2.31. The van der Waals surface area contributed by atoms with Crippen molar-refractivity contribution in [3.63, 3.8) is 0 Å². The quantitative estimate of drug-likeness (QED) is 0.510. The number of hydrogen-bond acceptors (Lipinski definition) is 2. The molecule has 2 heteroatoms. The van der Waals surface area contributed by atoms with Gasteiger partial charge in [-0.25, -0.2) is 4.79 Å². The van der Waals surface area contributed by atoms with E-state index in [4.69, 9.17) is 4.74 Å². The molecule has 0 aromatic carbocycles. The molecule has 0 N–H and O–H groups in total.